The SMILES string of the molecule is CCCNC(CCC(C)(C)OC)C(C)(C)N1CCCCC1. The van der Waals surface area contributed by atoms with Crippen molar-refractivity contribution in [1.29, 1.82) is 0 Å². The molecule has 1 N–H and O–H groups in total. The van der Waals surface area contributed by atoms with Crippen LogP contribution < -0.4 is 5.32 Å². The third-order valence-corrected chi connectivity index (χ3v) is 5.25. The molecule has 1 unspecified atom stereocenters. The maximum absolute atomic E-state index is 5.61. The number of nitrogens with zero attached hydrogens (tertiary/aromatic N) is 1. The summed E-state index contributed by atoms with van der Waals surface area (Å²) < 4.78 is 5.61. The average Bonchev–Trinajstić information content (AvgIpc) is 2.48. The van der Waals surface area contributed by atoms with Crippen molar-refractivity contribution in [2.75, 3.05) is 26.7 Å². The molecule has 21 heavy (non-hydrogen) atoms. The summed E-state index contributed by atoms with van der Waals surface area (Å²) in [5, 5.41) is 3.81. The first-order valence-electron chi connectivity index (χ1n) is 8.87. The highest BCUT2D eigenvalue weighted by atomic mass is 16.5. The molecule has 1 fully saturated rings. The van der Waals surface area contributed by atoms with Gasteiger partial charge in [0.2, 0.25) is 0 Å². The Bertz CT molecular complexity index is 283. The van der Waals surface area contributed by atoms with Gasteiger partial charge < -0.3 is 10.1 Å². The third kappa shape index (κ3) is 5.88. The molecular weight excluding hydrogens is 260 g/mol. The first kappa shape index (κ1) is 18.9. The molecule has 1 heterocycles. The number of rotatable bonds is 9. The summed E-state index contributed by atoms with van der Waals surface area (Å²) in [7, 11) is 1.82. The monoisotopic (exact) mass is 298 g/mol. The Balaban J connectivity index is 2.69. The zero-order chi connectivity index (χ0) is 15.9. The van der Waals surface area contributed by atoms with E-state index >= 15 is 0 Å². The van der Waals surface area contributed by atoms with Crippen LogP contribution in [0.5, 0.6) is 0 Å². The van der Waals surface area contributed by atoms with Gasteiger partial charge in [0.05, 0.1) is 5.60 Å². The molecule has 1 atom stereocenters. The molecular formula is C18H38N2O. The zero-order valence-corrected chi connectivity index (χ0v) is 15.3. The maximum Gasteiger partial charge on any atom is 0.0623 e. The van der Waals surface area contributed by atoms with Crippen LogP contribution in [0.2, 0.25) is 0 Å². The van der Waals surface area contributed by atoms with Crippen LogP contribution in [0.3, 0.4) is 0 Å². The van der Waals surface area contributed by atoms with E-state index in [1.165, 1.54) is 45.2 Å². The standard InChI is InChI=1S/C18H38N2O/c1-7-13-19-16(11-12-17(2,3)21-6)18(4,5)20-14-9-8-10-15-20/h16,19H,7-15H2,1-6H3. The lowest BCUT2D eigenvalue weighted by Crippen LogP contribution is -2.59. The van der Waals surface area contributed by atoms with Gasteiger partial charge in [0, 0.05) is 18.7 Å². The summed E-state index contributed by atoms with van der Waals surface area (Å²) in [6.45, 7) is 15.1. The highest BCUT2D eigenvalue weighted by Gasteiger charge is 2.36. The molecule has 0 aromatic heterocycles. The topological polar surface area (TPSA) is 24.5 Å². The van der Waals surface area contributed by atoms with Gasteiger partial charge >= 0.3 is 0 Å². The van der Waals surface area contributed by atoms with Crippen molar-refractivity contribution in [3.8, 4) is 0 Å². The Morgan fingerprint density at radius 2 is 1.71 bits per heavy atom. The van der Waals surface area contributed by atoms with E-state index in [2.05, 4.69) is 44.8 Å². The second-order valence-electron chi connectivity index (χ2n) is 7.71. The van der Waals surface area contributed by atoms with Gasteiger partial charge in [-0.05, 0) is 79.4 Å². The minimum Gasteiger partial charge on any atom is -0.379 e. The fraction of sp³-hybridized carbons (Fsp3) is 1.00. The number of nitrogens with one attached hydrogen (secondary N) is 1. The van der Waals surface area contributed by atoms with Crippen LogP contribution >= 0.6 is 0 Å². The Kier molecular flexibility index (Phi) is 7.66. The van der Waals surface area contributed by atoms with Crippen LogP contribution in [0.15, 0.2) is 0 Å². The van der Waals surface area contributed by atoms with Gasteiger partial charge in [-0.1, -0.05) is 13.3 Å². The number of piperidine rings is 1. The molecule has 0 aliphatic carbocycles. The summed E-state index contributed by atoms with van der Waals surface area (Å²) in [5.74, 6) is 0. The lowest BCUT2D eigenvalue weighted by atomic mass is 9.85. The number of hydrogen-bond acceptors (Lipinski definition) is 3. The van der Waals surface area contributed by atoms with Crippen molar-refractivity contribution >= 4 is 0 Å². The molecule has 0 aromatic rings. The lowest BCUT2D eigenvalue weighted by Gasteiger charge is -2.47. The number of ether oxygens (including phenoxy) is 1. The first-order chi connectivity index (χ1) is 9.83. The van der Waals surface area contributed by atoms with Gasteiger partial charge in [0.1, 0.15) is 0 Å². The number of methoxy groups -OCH3 is 1. The van der Waals surface area contributed by atoms with Gasteiger partial charge in [-0.15, -0.1) is 0 Å². The maximum atomic E-state index is 5.61. The Morgan fingerprint density at radius 3 is 2.24 bits per heavy atom. The predicted molar refractivity (Wildman–Crippen MR) is 91.9 cm³/mol. The number of likely N-dealkylation sites (tertiary alicyclic amines) is 1. The molecule has 0 radical (unpaired) electrons. The highest BCUT2D eigenvalue weighted by molar-refractivity contribution is 4.95. The van der Waals surface area contributed by atoms with E-state index in [0.717, 1.165) is 13.0 Å². The normalized spacial score (nSPS) is 19.7. The van der Waals surface area contributed by atoms with Gasteiger partial charge in [-0.25, -0.2) is 0 Å². The smallest absolute Gasteiger partial charge is 0.0623 e. The van der Waals surface area contributed by atoms with E-state index in [0.29, 0.717) is 6.04 Å². The molecule has 0 aromatic carbocycles. The number of hydrogen-bond donors (Lipinski definition) is 1. The van der Waals surface area contributed by atoms with Crippen molar-refractivity contribution in [1.82, 2.24) is 10.2 Å². The molecule has 1 aliphatic heterocycles. The molecule has 0 amide bonds. The summed E-state index contributed by atoms with van der Waals surface area (Å²) in [6, 6.07) is 0.532. The van der Waals surface area contributed by atoms with Gasteiger partial charge in [-0.2, -0.15) is 0 Å². The van der Waals surface area contributed by atoms with Crippen LogP contribution in [0.4, 0.5) is 0 Å². The van der Waals surface area contributed by atoms with E-state index in [4.69, 9.17) is 4.74 Å². The van der Waals surface area contributed by atoms with Crippen LogP contribution in [0, 0.1) is 0 Å². The Morgan fingerprint density at radius 1 is 1.10 bits per heavy atom. The third-order valence-electron chi connectivity index (χ3n) is 5.25. The molecule has 0 saturated carbocycles. The van der Waals surface area contributed by atoms with E-state index in [1.807, 2.05) is 7.11 Å². The van der Waals surface area contributed by atoms with Crippen molar-refractivity contribution in [3.63, 3.8) is 0 Å². The van der Waals surface area contributed by atoms with E-state index in [9.17, 15) is 0 Å². The zero-order valence-electron chi connectivity index (χ0n) is 15.3. The van der Waals surface area contributed by atoms with E-state index < -0.39 is 0 Å². The van der Waals surface area contributed by atoms with Crippen molar-refractivity contribution in [2.45, 2.75) is 90.3 Å². The molecule has 1 aliphatic rings. The molecule has 1 rings (SSSR count). The van der Waals surface area contributed by atoms with Gasteiger partial charge in [-0.3, -0.25) is 4.90 Å². The molecule has 126 valence electrons. The molecule has 3 heteroatoms. The average molecular weight is 299 g/mol. The lowest BCUT2D eigenvalue weighted by molar-refractivity contribution is 0.000695. The molecule has 0 spiro atoms. The summed E-state index contributed by atoms with van der Waals surface area (Å²) >= 11 is 0. The fourth-order valence-electron chi connectivity index (χ4n) is 3.31. The van der Waals surface area contributed by atoms with Gasteiger partial charge in [0.25, 0.3) is 0 Å². The van der Waals surface area contributed by atoms with Crippen molar-refractivity contribution < 1.29 is 4.74 Å². The minimum absolute atomic E-state index is 0.0237. The van der Waals surface area contributed by atoms with Crippen LogP contribution in [0.1, 0.15) is 73.1 Å². The Hall–Kier alpha value is -0.120. The van der Waals surface area contributed by atoms with Crippen LogP contribution in [-0.4, -0.2) is 48.8 Å². The Labute approximate surface area is 132 Å². The molecule has 3 nitrogen and oxygen atoms in total. The quantitative estimate of drug-likeness (QED) is 0.700. The second-order valence-corrected chi connectivity index (χ2v) is 7.71. The highest BCUT2D eigenvalue weighted by Crippen LogP contribution is 2.28. The van der Waals surface area contributed by atoms with Crippen molar-refractivity contribution in [2.24, 2.45) is 0 Å². The van der Waals surface area contributed by atoms with Crippen molar-refractivity contribution in [3.05, 3.63) is 0 Å². The predicted octanol–water partition coefficient (Wildman–Crippen LogP) is 3.82. The van der Waals surface area contributed by atoms with Crippen LogP contribution in [-0.2, 0) is 4.74 Å². The fourth-order valence-corrected chi connectivity index (χ4v) is 3.31. The second kappa shape index (κ2) is 8.50. The van der Waals surface area contributed by atoms with E-state index in [-0.39, 0.29) is 11.1 Å². The van der Waals surface area contributed by atoms with E-state index in [1.54, 1.807) is 0 Å². The largest absolute Gasteiger partial charge is 0.379 e. The first-order valence-corrected chi connectivity index (χ1v) is 8.87. The van der Waals surface area contributed by atoms with Gasteiger partial charge in [0.15, 0.2) is 0 Å². The minimum atomic E-state index is -0.0237. The summed E-state index contributed by atoms with van der Waals surface area (Å²) in [6.07, 6.45) is 7.57. The molecule has 0 bridgehead atoms. The van der Waals surface area contributed by atoms with Crippen LogP contribution in [0.25, 0.3) is 0 Å². The molecule has 1 saturated heterocycles. The summed E-state index contributed by atoms with van der Waals surface area (Å²) in [4.78, 5) is 2.70. The summed E-state index contributed by atoms with van der Waals surface area (Å²) in [5.41, 5.74) is 0.198.